The number of carbonyl (C=O) groups is 9. The summed E-state index contributed by atoms with van der Waals surface area (Å²) in [6, 6.07) is 0. The number of nitrogens with zero attached hydrogens (tertiary/aromatic N) is 8. The summed E-state index contributed by atoms with van der Waals surface area (Å²) in [5.74, 6) is -9.29. The fourth-order valence-corrected chi connectivity index (χ4v) is 5.32. The molecule has 0 atom stereocenters. The molecule has 23 N–H and O–H groups in total. The molecule has 3 aromatic rings. The highest BCUT2D eigenvalue weighted by Gasteiger charge is 2.24. The molecule has 0 bridgehead atoms. The third-order valence-corrected chi connectivity index (χ3v) is 8.30. The average molecular weight is 1190 g/mol. The van der Waals surface area contributed by atoms with Crippen molar-refractivity contribution in [3.8, 4) is 0 Å². The standard InChI is InChI=1S/C19H29ClN8O6.C12H18ClN7O3.C10H13ClN8O4/c1-18(2,3)33-10(30)8-23-14-12(20)26-11(13(21)27-14)15(31)28-16(22)25-9(29)7-24-17(32)34-19(4,5)6;1-12(2,3)23-5(21)4-17-9-7(13)18-6(8(14)19-9)10(22)20-11(15)16;11-6-8(15-2-4(21)22)18-7(13)5(17-6)9(23)19-10(14)16-3(20)1-12/h7-8H2,1-6H3,(H,24,32)(H3,21,23,27)(H3,22,25,28,29,31);4H2,1-3H3,(H3,14,17,19)(H4,15,16,20,22);1-2,12H2,(H,21,22)(H3,13,15,18)(H3,14,16,19,20,23). The lowest BCUT2D eigenvalue weighted by molar-refractivity contribution is -0.153. The zero-order valence-corrected chi connectivity index (χ0v) is 46.4. The minimum Gasteiger partial charge on any atom is -0.480 e. The Morgan fingerprint density at radius 3 is 1.32 bits per heavy atom. The van der Waals surface area contributed by atoms with Crippen molar-refractivity contribution in [1.29, 1.82) is 5.41 Å². The van der Waals surface area contributed by atoms with Gasteiger partial charge in [-0.1, -0.05) is 34.8 Å². The van der Waals surface area contributed by atoms with Crippen molar-refractivity contribution >= 4 is 141 Å². The largest absolute Gasteiger partial charge is 0.480 e. The molecule has 0 aromatic carbocycles. The normalized spacial score (nSPS) is 11.0. The Morgan fingerprint density at radius 1 is 0.550 bits per heavy atom. The summed E-state index contributed by atoms with van der Waals surface area (Å²) >= 11 is 17.7. The number of nitrogens with two attached hydrogens (primary N) is 7. The Balaban J connectivity index is 0.000000618. The number of aliphatic imine (C=N–C) groups is 2. The third kappa shape index (κ3) is 27.2. The lowest BCUT2D eigenvalue weighted by atomic mass is 10.2. The van der Waals surface area contributed by atoms with Crippen LogP contribution in [0.3, 0.4) is 0 Å². The van der Waals surface area contributed by atoms with Crippen LogP contribution in [-0.4, -0.2) is 156 Å². The number of aromatic nitrogens is 6. The van der Waals surface area contributed by atoms with Crippen molar-refractivity contribution in [3.63, 3.8) is 0 Å². The third-order valence-electron chi connectivity index (χ3n) is 7.51. The first-order chi connectivity index (χ1) is 36.7. The van der Waals surface area contributed by atoms with Gasteiger partial charge in [-0.15, -0.1) is 0 Å². The number of ether oxygens (including phenoxy) is 3. The second-order valence-electron chi connectivity index (χ2n) is 18.0. The van der Waals surface area contributed by atoms with Crippen LogP contribution >= 0.6 is 34.8 Å². The molecule has 0 radical (unpaired) electrons. The van der Waals surface area contributed by atoms with Crippen LogP contribution in [0, 0.1) is 5.41 Å². The van der Waals surface area contributed by atoms with Crippen LogP contribution in [0.4, 0.5) is 39.7 Å². The van der Waals surface area contributed by atoms with Gasteiger partial charge in [0.15, 0.2) is 73.4 Å². The van der Waals surface area contributed by atoms with Crippen molar-refractivity contribution in [2.45, 2.75) is 79.1 Å². The first kappa shape index (κ1) is 68.7. The van der Waals surface area contributed by atoms with Gasteiger partial charge in [-0.25, -0.2) is 34.7 Å². The summed E-state index contributed by atoms with van der Waals surface area (Å²) in [5, 5.41) is 31.5. The minimum atomic E-state index is -1.16. The van der Waals surface area contributed by atoms with Crippen LogP contribution in [0.5, 0.6) is 0 Å². The molecule has 0 fully saturated rings. The van der Waals surface area contributed by atoms with Crippen LogP contribution in [-0.2, 0) is 38.2 Å². The van der Waals surface area contributed by atoms with E-state index in [0.29, 0.717) is 0 Å². The van der Waals surface area contributed by atoms with Crippen molar-refractivity contribution in [3.05, 3.63) is 32.5 Å². The number of guanidine groups is 3. The van der Waals surface area contributed by atoms with E-state index in [9.17, 15) is 43.2 Å². The molecule has 3 aromatic heterocycles. The summed E-state index contributed by atoms with van der Waals surface area (Å²) in [7, 11) is 0. The highest BCUT2D eigenvalue weighted by atomic mass is 35.5. The highest BCUT2D eigenvalue weighted by Crippen LogP contribution is 2.23. The number of nitrogen functional groups attached to an aromatic ring is 3. The van der Waals surface area contributed by atoms with Crippen LogP contribution in [0.2, 0.25) is 15.5 Å². The van der Waals surface area contributed by atoms with Gasteiger partial charge in [0, 0.05) is 0 Å². The molecule has 0 aliphatic carbocycles. The fourth-order valence-electron chi connectivity index (χ4n) is 4.74. The topological polar surface area (TPSA) is 594 Å². The number of amides is 6. The van der Waals surface area contributed by atoms with Crippen molar-refractivity contribution in [2.24, 2.45) is 32.9 Å². The number of anilines is 6. The summed E-state index contributed by atoms with van der Waals surface area (Å²) < 4.78 is 15.2. The number of hydrogen-bond acceptors (Lipinski definition) is 26. The fraction of sp³-hybridized carbons (Fsp3) is 0.415. The number of halogens is 3. The smallest absolute Gasteiger partial charge is 0.408 e. The number of carboxylic acid groups (broad SMARTS) is 1. The molecule has 0 spiro atoms. The monoisotopic (exact) mass is 1190 g/mol. The van der Waals surface area contributed by atoms with Crippen molar-refractivity contribution < 1.29 is 62.5 Å². The Labute approximate surface area is 469 Å². The van der Waals surface area contributed by atoms with E-state index in [2.05, 4.69) is 71.8 Å². The average Bonchev–Trinajstić information content (AvgIpc) is 3.29. The maximum absolute atomic E-state index is 12.3. The number of aliphatic carboxylic acids is 1. The number of alkyl carbamates (subject to hydrolysis) is 1. The molecular weight excluding hydrogens is 1130 g/mol. The van der Waals surface area contributed by atoms with Gasteiger partial charge < -0.3 is 80.7 Å². The number of esters is 2. The van der Waals surface area contributed by atoms with Gasteiger partial charge in [0.2, 0.25) is 23.7 Å². The SMILES string of the molecule is CC(C)(C)OC(=O)CNc1nc(N)c(C(=O)N=C(N)N)nc1Cl.CC(C)(C)OC(=O)CNc1nc(N)c(C(=O)NC(=N)NC(=O)CNC(=O)OC(C)(C)C)nc1Cl.NCC(=O)NC(N)=NC(=O)c1nc(Cl)c(NCC(=O)O)nc1N. The van der Waals surface area contributed by atoms with Gasteiger partial charge in [0.25, 0.3) is 5.91 Å². The zero-order chi connectivity index (χ0) is 61.6. The molecule has 6 amide bonds. The van der Waals surface area contributed by atoms with Crippen LogP contribution in [0.1, 0.15) is 93.8 Å². The van der Waals surface area contributed by atoms with E-state index in [4.69, 9.17) is 99.7 Å². The maximum atomic E-state index is 12.3. The Hall–Kier alpha value is -9.29. The molecule has 36 nitrogen and oxygen atoms in total. The van der Waals surface area contributed by atoms with E-state index in [1.54, 1.807) is 62.3 Å². The predicted octanol–water partition coefficient (Wildman–Crippen LogP) is -1.61. The number of carboxylic acids is 1. The van der Waals surface area contributed by atoms with E-state index in [-0.39, 0.29) is 75.7 Å². The lowest BCUT2D eigenvalue weighted by Crippen LogP contribution is -2.47. The second kappa shape index (κ2) is 30.6. The van der Waals surface area contributed by atoms with Gasteiger partial charge in [0.1, 0.15) is 43.0 Å². The van der Waals surface area contributed by atoms with E-state index in [0.717, 1.165) is 0 Å². The van der Waals surface area contributed by atoms with Gasteiger partial charge in [-0.2, -0.15) is 9.98 Å². The van der Waals surface area contributed by atoms with Gasteiger partial charge in [-0.3, -0.25) is 59.7 Å². The van der Waals surface area contributed by atoms with E-state index in [1.165, 1.54) is 0 Å². The first-order valence-corrected chi connectivity index (χ1v) is 23.4. The predicted molar refractivity (Wildman–Crippen MR) is 290 cm³/mol. The quantitative estimate of drug-likeness (QED) is 0.0352. The molecule has 3 rings (SSSR count). The summed E-state index contributed by atoms with van der Waals surface area (Å²) in [6.45, 7) is 13.5. The van der Waals surface area contributed by atoms with Gasteiger partial charge in [-0.05, 0) is 62.3 Å². The number of hydrogen-bond donors (Lipinski definition) is 16. The molecule has 3 heterocycles. The van der Waals surface area contributed by atoms with Crippen LogP contribution in [0.25, 0.3) is 0 Å². The van der Waals surface area contributed by atoms with E-state index < -0.39 is 113 Å². The minimum absolute atomic E-state index is 0.0243. The molecule has 0 unspecified atom stereocenters. The first-order valence-electron chi connectivity index (χ1n) is 22.3. The summed E-state index contributed by atoms with van der Waals surface area (Å²) in [4.78, 5) is 134. The molecule has 0 aliphatic heterocycles. The van der Waals surface area contributed by atoms with Crippen molar-refractivity contribution in [1.82, 2.24) is 51.2 Å². The molecule has 80 heavy (non-hydrogen) atoms. The molecule has 39 heteroatoms. The van der Waals surface area contributed by atoms with Crippen molar-refractivity contribution in [2.75, 3.05) is 65.9 Å². The number of rotatable bonds is 15. The molecule has 438 valence electrons. The van der Waals surface area contributed by atoms with Crippen LogP contribution < -0.4 is 77.4 Å². The van der Waals surface area contributed by atoms with Gasteiger partial charge >= 0.3 is 35.8 Å². The Kier molecular flexibility index (Phi) is 26.3. The second-order valence-corrected chi connectivity index (χ2v) is 19.1. The highest BCUT2D eigenvalue weighted by molar-refractivity contribution is 6.33. The summed E-state index contributed by atoms with van der Waals surface area (Å²) in [5.41, 5.74) is 34.3. The molecule has 0 saturated carbocycles. The summed E-state index contributed by atoms with van der Waals surface area (Å²) in [6.07, 6.45) is -0.823. The maximum Gasteiger partial charge on any atom is 0.408 e. The Morgan fingerprint density at radius 2 is 0.938 bits per heavy atom. The molecule has 0 saturated heterocycles. The zero-order valence-electron chi connectivity index (χ0n) is 44.1. The van der Waals surface area contributed by atoms with Gasteiger partial charge in [0.05, 0.1) is 6.54 Å². The number of nitrogens with one attached hydrogen (secondary N) is 8. The lowest BCUT2D eigenvalue weighted by Gasteiger charge is -2.19. The van der Waals surface area contributed by atoms with E-state index in [1.807, 2.05) is 5.32 Å². The number of carbonyl (C=O) groups excluding carboxylic acids is 8. The van der Waals surface area contributed by atoms with E-state index >= 15 is 0 Å². The Bertz CT molecular complexity index is 2900. The molecule has 0 aliphatic rings. The molecular formula is C41H60Cl3N23O13. The van der Waals surface area contributed by atoms with Crippen LogP contribution in [0.15, 0.2) is 9.98 Å².